The van der Waals surface area contributed by atoms with Crippen molar-refractivity contribution in [3.05, 3.63) is 0 Å². The maximum absolute atomic E-state index is 10.9. The molecule has 4 heterocycles. The SMILES string of the molecule is NC1=NC[C@H]2C3OC4(O)OC(C3O)C(O)C2(N1)C4(O)CO. The first kappa shape index (κ1) is 13.6. The molecule has 0 radical (unpaired) electrons. The number of nitrogens with two attached hydrogens (primary N) is 1. The normalized spacial score (nSPS) is 61.2. The highest BCUT2D eigenvalue weighted by atomic mass is 16.9. The average molecular weight is 303 g/mol. The Labute approximate surface area is 118 Å². The molecule has 118 valence electrons. The zero-order valence-electron chi connectivity index (χ0n) is 10.9. The second kappa shape index (κ2) is 3.66. The summed E-state index contributed by atoms with van der Waals surface area (Å²) in [6.07, 6.45) is -4.73. The minimum Gasteiger partial charge on any atom is -0.393 e. The van der Waals surface area contributed by atoms with Gasteiger partial charge in [-0.05, 0) is 0 Å². The lowest BCUT2D eigenvalue weighted by molar-refractivity contribution is -0.556. The van der Waals surface area contributed by atoms with Gasteiger partial charge in [0.2, 0.25) is 0 Å². The number of aliphatic hydroxyl groups is 5. The molecular weight excluding hydrogens is 286 g/mol. The van der Waals surface area contributed by atoms with Crippen molar-refractivity contribution >= 4 is 5.96 Å². The van der Waals surface area contributed by atoms with Gasteiger partial charge < -0.3 is 46.1 Å². The summed E-state index contributed by atoms with van der Waals surface area (Å²) in [5, 5.41) is 54.5. The van der Waals surface area contributed by atoms with Crippen LogP contribution in [-0.2, 0) is 9.47 Å². The van der Waals surface area contributed by atoms with Gasteiger partial charge in [0.15, 0.2) is 11.6 Å². The van der Waals surface area contributed by atoms with Crippen molar-refractivity contribution < 1.29 is 35.0 Å². The number of nitrogens with one attached hydrogen (secondary N) is 1. The van der Waals surface area contributed by atoms with Gasteiger partial charge in [0, 0.05) is 5.92 Å². The van der Waals surface area contributed by atoms with Gasteiger partial charge in [-0.1, -0.05) is 0 Å². The summed E-state index contributed by atoms with van der Waals surface area (Å²) in [5.41, 5.74) is 1.65. The number of ether oxygens (including phenoxy) is 2. The Morgan fingerprint density at radius 2 is 1.95 bits per heavy atom. The largest absolute Gasteiger partial charge is 0.393 e. The summed E-state index contributed by atoms with van der Waals surface area (Å²) in [5.74, 6) is -3.30. The summed E-state index contributed by atoms with van der Waals surface area (Å²) >= 11 is 0. The molecule has 0 aromatic carbocycles. The highest BCUT2D eigenvalue weighted by molar-refractivity contribution is 5.80. The van der Waals surface area contributed by atoms with E-state index in [0.29, 0.717) is 0 Å². The van der Waals surface area contributed by atoms with Crippen LogP contribution in [0.15, 0.2) is 4.99 Å². The third-order valence-corrected chi connectivity index (χ3v) is 5.25. The van der Waals surface area contributed by atoms with Gasteiger partial charge >= 0.3 is 5.97 Å². The smallest absolute Gasteiger partial charge is 0.316 e. The van der Waals surface area contributed by atoms with Gasteiger partial charge in [-0.3, -0.25) is 4.99 Å². The number of hydrogen-bond donors (Lipinski definition) is 7. The lowest BCUT2D eigenvalue weighted by atomic mass is 9.54. The lowest BCUT2D eigenvalue weighted by Gasteiger charge is -2.72. The number of nitrogens with zero attached hydrogens (tertiary/aromatic N) is 1. The Bertz CT molecular complexity index is 532. The first-order valence-electron chi connectivity index (χ1n) is 6.66. The summed E-state index contributed by atoms with van der Waals surface area (Å²) < 4.78 is 10.4. The molecular formula is C11H17N3O7. The van der Waals surface area contributed by atoms with Gasteiger partial charge in [0.1, 0.15) is 23.9 Å². The molecule has 1 aliphatic carbocycles. The van der Waals surface area contributed by atoms with Crippen molar-refractivity contribution in [2.24, 2.45) is 16.6 Å². The molecule has 5 aliphatic rings. The molecule has 8 N–H and O–H groups in total. The van der Waals surface area contributed by atoms with Crippen LogP contribution in [0.5, 0.6) is 0 Å². The van der Waals surface area contributed by atoms with E-state index < -0.39 is 54.1 Å². The van der Waals surface area contributed by atoms with E-state index in [4.69, 9.17) is 15.2 Å². The van der Waals surface area contributed by atoms with E-state index in [1.165, 1.54) is 0 Å². The van der Waals surface area contributed by atoms with Crippen LogP contribution in [0, 0.1) is 5.92 Å². The van der Waals surface area contributed by atoms with Crippen LogP contribution in [0.4, 0.5) is 0 Å². The van der Waals surface area contributed by atoms with Crippen molar-refractivity contribution in [1.29, 1.82) is 0 Å². The lowest BCUT2D eigenvalue weighted by Crippen LogP contribution is -2.97. The first-order chi connectivity index (χ1) is 9.81. The predicted molar refractivity (Wildman–Crippen MR) is 64.6 cm³/mol. The maximum Gasteiger partial charge on any atom is 0.316 e. The number of guanidine groups is 1. The zero-order valence-corrected chi connectivity index (χ0v) is 10.9. The van der Waals surface area contributed by atoms with Crippen molar-refractivity contribution in [2.75, 3.05) is 13.2 Å². The van der Waals surface area contributed by atoms with Crippen molar-refractivity contribution in [2.45, 2.75) is 41.5 Å². The highest BCUT2D eigenvalue weighted by Gasteiger charge is 2.84. The van der Waals surface area contributed by atoms with E-state index in [1.807, 2.05) is 0 Å². The van der Waals surface area contributed by atoms with Gasteiger partial charge in [0.25, 0.3) is 0 Å². The standard InChI is InChI=1S/C11H17N3O7/c12-8-13-1-3-5-4(16)6-7(17)10(3,14-8)9(18,2-15)11(19,20-5)21-6/h3-7,15-19H,1-2H2,(H3,12,13,14)/t3-,4?,5?,6?,7?,9?,10?,11?/m0/s1. The predicted octanol–water partition coefficient (Wildman–Crippen LogP) is -4.84. The van der Waals surface area contributed by atoms with Gasteiger partial charge in [0.05, 0.1) is 19.3 Å². The molecule has 4 fully saturated rings. The van der Waals surface area contributed by atoms with Crippen LogP contribution in [0.25, 0.3) is 0 Å². The molecule has 8 atom stereocenters. The Hall–Kier alpha value is -1.01. The molecule has 0 amide bonds. The van der Waals surface area contributed by atoms with Crippen LogP contribution < -0.4 is 11.1 Å². The molecule has 4 aliphatic heterocycles. The van der Waals surface area contributed by atoms with Crippen molar-refractivity contribution in [1.82, 2.24) is 5.32 Å². The molecule has 1 saturated carbocycles. The fourth-order valence-electron chi connectivity index (χ4n) is 4.24. The molecule has 3 saturated heterocycles. The van der Waals surface area contributed by atoms with Crippen LogP contribution in [0.1, 0.15) is 0 Å². The third-order valence-electron chi connectivity index (χ3n) is 5.25. The minimum atomic E-state index is -2.56. The fourth-order valence-corrected chi connectivity index (χ4v) is 4.24. The van der Waals surface area contributed by atoms with E-state index in [2.05, 4.69) is 10.3 Å². The Kier molecular flexibility index (Phi) is 2.38. The summed E-state index contributed by atoms with van der Waals surface area (Å²) in [4.78, 5) is 3.99. The Balaban J connectivity index is 1.96. The Morgan fingerprint density at radius 1 is 1.29 bits per heavy atom. The molecule has 21 heavy (non-hydrogen) atoms. The number of hydrogen-bond acceptors (Lipinski definition) is 10. The number of rotatable bonds is 1. The number of aliphatic hydroxyl groups excluding tert-OH is 3. The topological polar surface area (TPSA) is 170 Å². The fraction of sp³-hybridized carbons (Fsp3) is 0.909. The monoisotopic (exact) mass is 303 g/mol. The summed E-state index contributed by atoms with van der Waals surface area (Å²) in [6.45, 7) is -0.893. The average Bonchev–Trinajstić information content (AvgIpc) is 2.45. The van der Waals surface area contributed by atoms with Gasteiger partial charge in [-0.15, -0.1) is 0 Å². The van der Waals surface area contributed by atoms with E-state index in [-0.39, 0.29) is 12.5 Å². The minimum absolute atomic E-state index is 0.0442. The molecule has 7 unspecified atom stereocenters. The van der Waals surface area contributed by atoms with E-state index in [0.717, 1.165) is 0 Å². The van der Waals surface area contributed by atoms with Crippen LogP contribution in [0.2, 0.25) is 0 Å². The van der Waals surface area contributed by atoms with Crippen LogP contribution >= 0.6 is 0 Å². The maximum atomic E-state index is 10.9. The molecule has 10 nitrogen and oxygen atoms in total. The van der Waals surface area contributed by atoms with Crippen molar-refractivity contribution in [3.8, 4) is 0 Å². The van der Waals surface area contributed by atoms with E-state index in [1.54, 1.807) is 0 Å². The molecule has 1 spiro atoms. The van der Waals surface area contributed by atoms with Gasteiger partial charge in [-0.25, -0.2) is 0 Å². The molecule has 10 heteroatoms. The summed E-state index contributed by atoms with van der Waals surface area (Å²) in [7, 11) is 0. The Morgan fingerprint density at radius 3 is 2.62 bits per heavy atom. The van der Waals surface area contributed by atoms with E-state index in [9.17, 15) is 25.5 Å². The zero-order chi connectivity index (χ0) is 15.2. The first-order valence-corrected chi connectivity index (χ1v) is 6.66. The molecule has 4 bridgehead atoms. The van der Waals surface area contributed by atoms with Crippen molar-refractivity contribution in [3.63, 3.8) is 0 Å². The molecule has 5 rings (SSSR count). The summed E-state index contributed by atoms with van der Waals surface area (Å²) in [6, 6.07) is 0. The molecule has 0 aromatic heterocycles. The highest BCUT2D eigenvalue weighted by Crippen LogP contribution is 2.58. The van der Waals surface area contributed by atoms with Crippen LogP contribution in [-0.4, -0.2) is 86.2 Å². The second-order valence-corrected chi connectivity index (χ2v) is 6.03. The number of aliphatic imine (C=N–C) groups is 1. The van der Waals surface area contributed by atoms with Gasteiger partial charge in [-0.2, -0.15) is 0 Å². The van der Waals surface area contributed by atoms with E-state index >= 15 is 0 Å². The molecule has 0 aromatic rings. The van der Waals surface area contributed by atoms with Crippen LogP contribution in [0.3, 0.4) is 0 Å². The quantitative estimate of drug-likeness (QED) is 0.251. The third kappa shape index (κ3) is 1.19. The second-order valence-electron chi connectivity index (χ2n) is 6.03.